The highest BCUT2D eigenvalue weighted by Crippen LogP contribution is 2.42. The van der Waals surface area contributed by atoms with Crippen LogP contribution in [-0.2, 0) is 13.6 Å². The molecular weight excluding hydrogens is 391 g/mol. The van der Waals surface area contributed by atoms with Crippen LogP contribution in [-0.4, -0.2) is 0 Å². The molecule has 0 unspecified atom stereocenters. The van der Waals surface area contributed by atoms with Crippen LogP contribution in [0.1, 0.15) is 34.5 Å². The van der Waals surface area contributed by atoms with Crippen molar-refractivity contribution < 1.29 is 13.6 Å². The second-order valence-corrected chi connectivity index (χ2v) is 7.71. The number of rotatable bonds is 8. The van der Waals surface area contributed by atoms with E-state index in [9.17, 15) is 4.57 Å². The molecule has 4 heteroatoms. The molecule has 0 aliphatic rings. The third-order valence-corrected chi connectivity index (χ3v) is 5.56. The van der Waals surface area contributed by atoms with E-state index in [2.05, 4.69) is 0 Å². The van der Waals surface area contributed by atoms with Crippen LogP contribution >= 0.6 is 8.25 Å². The van der Waals surface area contributed by atoms with Gasteiger partial charge in [0.05, 0.1) is 0 Å². The van der Waals surface area contributed by atoms with E-state index in [1.165, 1.54) is 0 Å². The first-order valence-electron chi connectivity index (χ1n) is 9.82. The second kappa shape index (κ2) is 10.1. The summed E-state index contributed by atoms with van der Waals surface area (Å²) in [6.07, 6.45) is -0.966. The Bertz CT molecular complexity index is 888. The lowest BCUT2D eigenvalue weighted by Gasteiger charge is -2.14. The lowest BCUT2D eigenvalue weighted by Crippen LogP contribution is -2.06. The maximum absolute atomic E-state index is 13.1. The highest BCUT2D eigenvalue weighted by Gasteiger charge is 2.34. The molecule has 3 nitrogen and oxygen atoms in total. The fraction of sp³-hybridized carbons (Fsp3) is 0.0769. The molecule has 4 rings (SSSR count). The van der Waals surface area contributed by atoms with Crippen molar-refractivity contribution in [3.8, 4) is 0 Å². The molecular formula is C26H22O3P+. The Balaban J connectivity index is 1.60. The van der Waals surface area contributed by atoms with Crippen LogP contribution in [0.2, 0.25) is 0 Å². The van der Waals surface area contributed by atoms with E-state index in [1.54, 1.807) is 0 Å². The van der Waals surface area contributed by atoms with E-state index in [4.69, 9.17) is 9.05 Å². The summed E-state index contributed by atoms with van der Waals surface area (Å²) >= 11 is 0. The lowest BCUT2D eigenvalue weighted by molar-refractivity contribution is 0.163. The van der Waals surface area contributed by atoms with Crippen LogP contribution < -0.4 is 0 Å². The van der Waals surface area contributed by atoms with Gasteiger partial charge >= 0.3 is 8.25 Å². The van der Waals surface area contributed by atoms with Gasteiger partial charge in [0.15, 0.2) is 12.2 Å². The monoisotopic (exact) mass is 413 g/mol. The van der Waals surface area contributed by atoms with Gasteiger partial charge in [-0.3, -0.25) is 0 Å². The molecule has 0 N–H and O–H groups in total. The summed E-state index contributed by atoms with van der Waals surface area (Å²) in [6.45, 7) is 0. The van der Waals surface area contributed by atoms with Gasteiger partial charge in [-0.25, -0.2) is 0 Å². The van der Waals surface area contributed by atoms with Crippen molar-refractivity contribution in [2.24, 2.45) is 0 Å². The van der Waals surface area contributed by atoms with Crippen molar-refractivity contribution in [1.29, 1.82) is 0 Å². The molecule has 0 spiro atoms. The molecule has 0 fully saturated rings. The Morgan fingerprint density at radius 2 is 0.667 bits per heavy atom. The van der Waals surface area contributed by atoms with Crippen LogP contribution in [0.4, 0.5) is 0 Å². The predicted octanol–water partition coefficient (Wildman–Crippen LogP) is 7.26. The van der Waals surface area contributed by atoms with Gasteiger partial charge in [-0.1, -0.05) is 121 Å². The van der Waals surface area contributed by atoms with Crippen molar-refractivity contribution in [3.63, 3.8) is 0 Å². The first-order chi connectivity index (χ1) is 14.8. The molecule has 0 bridgehead atoms. The standard InChI is InChI=1S/C26H22O3P/c27-30(28-25(21-13-5-1-6-14-21)22-15-7-2-8-16-22)29-26(23-17-9-3-10-18-23)24-19-11-4-12-20-24/h1-20,25-26H/q+1. The molecule has 0 aliphatic heterocycles. The number of benzene rings is 4. The maximum atomic E-state index is 13.1. The summed E-state index contributed by atoms with van der Waals surface area (Å²) in [6, 6.07) is 39.1. The highest BCUT2D eigenvalue weighted by atomic mass is 31.1. The third kappa shape index (κ3) is 5.08. The summed E-state index contributed by atoms with van der Waals surface area (Å²) in [7, 11) is -2.40. The topological polar surface area (TPSA) is 35.5 Å². The summed E-state index contributed by atoms with van der Waals surface area (Å²) in [5.74, 6) is 0. The summed E-state index contributed by atoms with van der Waals surface area (Å²) in [4.78, 5) is 0. The van der Waals surface area contributed by atoms with Crippen molar-refractivity contribution in [2.75, 3.05) is 0 Å². The quantitative estimate of drug-likeness (QED) is 0.285. The molecule has 0 saturated carbocycles. The van der Waals surface area contributed by atoms with Crippen molar-refractivity contribution in [2.45, 2.75) is 12.2 Å². The molecule has 0 atom stereocenters. The van der Waals surface area contributed by atoms with Crippen molar-refractivity contribution >= 4 is 8.25 Å². The SMILES string of the molecule is O=[P+](OC(c1ccccc1)c1ccccc1)OC(c1ccccc1)c1ccccc1. The van der Waals surface area contributed by atoms with Gasteiger partial charge in [-0.15, -0.1) is 9.05 Å². The average Bonchev–Trinajstić information content (AvgIpc) is 2.83. The minimum Gasteiger partial charge on any atom is -0.106 e. The zero-order valence-corrected chi connectivity index (χ0v) is 17.3. The second-order valence-electron chi connectivity index (χ2n) is 6.84. The smallest absolute Gasteiger partial charge is 0.106 e. The van der Waals surface area contributed by atoms with Gasteiger partial charge in [-0.2, -0.15) is 0 Å². The normalized spacial score (nSPS) is 11.0. The Morgan fingerprint density at radius 3 is 0.900 bits per heavy atom. The van der Waals surface area contributed by atoms with E-state index >= 15 is 0 Å². The highest BCUT2D eigenvalue weighted by molar-refractivity contribution is 7.33. The average molecular weight is 413 g/mol. The molecule has 148 valence electrons. The molecule has 0 heterocycles. The van der Waals surface area contributed by atoms with Gasteiger partial charge in [0.2, 0.25) is 0 Å². The minimum atomic E-state index is -2.40. The number of hydrogen-bond donors (Lipinski definition) is 0. The summed E-state index contributed by atoms with van der Waals surface area (Å²) < 4.78 is 25.0. The Morgan fingerprint density at radius 1 is 0.433 bits per heavy atom. The van der Waals surface area contributed by atoms with Gasteiger partial charge in [0, 0.05) is 4.57 Å². The summed E-state index contributed by atoms with van der Waals surface area (Å²) in [5, 5.41) is 0. The van der Waals surface area contributed by atoms with E-state index in [0.29, 0.717) is 0 Å². The molecule has 0 saturated heterocycles. The lowest BCUT2D eigenvalue weighted by atomic mass is 10.0. The Kier molecular flexibility index (Phi) is 6.79. The maximum Gasteiger partial charge on any atom is 0.699 e. The van der Waals surface area contributed by atoms with Gasteiger partial charge < -0.3 is 0 Å². The first kappa shape index (κ1) is 20.2. The van der Waals surface area contributed by atoms with E-state index in [-0.39, 0.29) is 0 Å². The largest absolute Gasteiger partial charge is 0.699 e. The fourth-order valence-electron chi connectivity index (χ4n) is 3.34. The molecule has 0 amide bonds. The molecule has 4 aromatic carbocycles. The fourth-order valence-corrected chi connectivity index (χ4v) is 4.22. The van der Waals surface area contributed by atoms with Gasteiger partial charge in [0.25, 0.3) is 0 Å². The van der Waals surface area contributed by atoms with E-state index in [1.807, 2.05) is 121 Å². The van der Waals surface area contributed by atoms with Crippen LogP contribution in [0.25, 0.3) is 0 Å². The van der Waals surface area contributed by atoms with Crippen molar-refractivity contribution in [3.05, 3.63) is 144 Å². The van der Waals surface area contributed by atoms with Crippen molar-refractivity contribution in [1.82, 2.24) is 0 Å². The van der Waals surface area contributed by atoms with E-state index < -0.39 is 20.5 Å². The first-order valence-corrected chi connectivity index (χ1v) is 10.9. The molecule has 0 aliphatic carbocycles. The van der Waals surface area contributed by atoms with Gasteiger partial charge in [-0.05, 0) is 22.3 Å². The molecule has 0 aromatic heterocycles. The Hall–Kier alpha value is -3.10. The van der Waals surface area contributed by atoms with Gasteiger partial charge in [0.1, 0.15) is 0 Å². The third-order valence-electron chi connectivity index (χ3n) is 4.79. The molecule has 0 radical (unpaired) electrons. The Labute approximate surface area is 177 Å². The summed E-state index contributed by atoms with van der Waals surface area (Å²) in [5.41, 5.74) is 3.69. The minimum absolute atomic E-state index is 0.483. The zero-order chi connectivity index (χ0) is 20.6. The zero-order valence-electron chi connectivity index (χ0n) is 16.4. The molecule has 4 aromatic rings. The predicted molar refractivity (Wildman–Crippen MR) is 119 cm³/mol. The molecule has 30 heavy (non-hydrogen) atoms. The van der Waals surface area contributed by atoms with Crippen LogP contribution in [0.3, 0.4) is 0 Å². The van der Waals surface area contributed by atoms with Crippen LogP contribution in [0.5, 0.6) is 0 Å². The number of hydrogen-bond acceptors (Lipinski definition) is 3. The van der Waals surface area contributed by atoms with Crippen LogP contribution in [0, 0.1) is 0 Å². The van der Waals surface area contributed by atoms with E-state index in [0.717, 1.165) is 22.3 Å². The van der Waals surface area contributed by atoms with Crippen LogP contribution in [0.15, 0.2) is 121 Å².